The third-order valence-electron chi connectivity index (χ3n) is 5.41. The molecule has 27 heavy (non-hydrogen) atoms. The van der Waals surface area contributed by atoms with E-state index in [0.29, 0.717) is 6.04 Å². The Bertz CT molecular complexity index is 776. The average Bonchev–Trinajstić information content (AvgIpc) is 2.59. The quantitative estimate of drug-likeness (QED) is 0.356. The molecule has 1 heterocycles. The number of hydrogen-bond donors (Lipinski definition) is 0. The summed E-state index contributed by atoms with van der Waals surface area (Å²) in [7, 11) is 4.64. The number of ether oxygens (including phenoxy) is 2. The Kier molecular flexibility index (Phi) is 7.03. The molecule has 0 N–H and O–H groups in total. The van der Waals surface area contributed by atoms with E-state index in [9.17, 15) is 0 Å². The fraction of sp³-hybridized carbons (Fsp3) is 0.455. The lowest BCUT2D eigenvalue weighted by molar-refractivity contribution is -0.926. The Labute approximate surface area is 182 Å². The van der Waals surface area contributed by atoms with Crippen LogP contribution in [0.4, 0.5) is 0 Å². The number of quaternary nitrogens is 1. The molecule has 0 bridgehead atoms. The number of fused-ring (bicyclic) bond motifs is 1. The molecular weight excluding hydrogens is 465 g/mol. The third kappa shape index (κ3) is 4.69. The first kappa shape index (κ1) is 22.2. The molecule has 148 valence electrons. The number of likely N-dealkylation sites (N-methyl/N-ethyl adjacent to an activating group) is 1. The molecule has 0 saturated carbocycles. The van der Waals surface area contributed by atoms with Crippen LogP contribution in [-0.2, 0) is 6.42 Å². The fourth-order valence-electron chi connectivity index (χ4n) is 4.68. The van der Waals surface area contributed by atoms with Crippen LogP contribution in [0.3, 0.4) is 0 Å². The van der Waals surface area contributed by atoms with Gasteiger partial charge in [-0.25, -0.2) is 0 Å². The van der Waals surface area contributed by atoms with Crippen molar-refractivity contribution in [3.8, 4) is 11.5 Å². The highest BCUT2D eigenvalue weighted by Gasteiger charge is 2.43. The Morgan fingerprint density at radius 1 is 1.00 bits per heavy atom. The minimum atomic E-state index is -1.24. The average molecular weight is 497 g/mol. The topological polar surface area (TPSA) is 18.5 Å². The Hall–Kier alpha value is -1.05. The Morgan fingerprint density at radius 3 is 2.15 bits per heavy atom. The van der Waals surface area contributed by atoms with Crippen LogP contribution in [0.1, 0.15) is 22.7 Å². The lowest BCUT2D eigenvalue weighted by atomic mass is 9.86. The van der Waals surface area contributed by atoms with Gasteiger partial charge in [-0.05, 0) is 17.7 Å². The summed E-state index contributed by atoms with van der Waals surface area (Å²) in [5, 5.41) is 0. The van der Waals surface area contributed by atoms with Gasteiger partial charge in [0.2, 0.25) is 0 Å². The zero-order valence-corrected chi connectivity index (χ0v) is 20.5. The first-order chi connectivity index (χ1) is 12.3. The number of halogens is 1. The highest BCUT2D eigenvalue weighted by atomic mass is 127. The number of benzene rings is 2. The number of hydrogen-bond acceptors (Lipinski definition) is 2. The summed E-state index contributed by atoms with van der Waals surface area (Å²) >= 11 is 0. The highest BCUT2D eigenvalue weighted by molar-refractivity contribution is 6.76. The van der Waals surface area contributed by atoms with E-state index in [0.717, 1.165) is 28.9 Å². The van der Waals surface area contributed by atoms with Crippen LogP contribution in [0.15, 0.2) is 42.5 Å². The monoisotopic (exact) mass is 497 g/mol. The van der Waals surface area contributed by atoms with Crippen LogP contribution < -0.4 is 33.5 Å². The van der Waals surface area contributed by atoms with Crippen LogP contribution in [0.2, 0.25) is 19.6 Å². The van der Waals surface area contributed by atoms with Gasteiger partial charge in [0.05, 0.1) is 34.0 Å². The van der Waals surface area contributed by atoms with E-state index >= 15 is 0 Å². The van der Waals surface area contributed by atoms with Crippen molar-refractivity contribution in [2.45, 2.75) is 32.1 Å². The zero-order valence-electron chi connectivity index (χ0n) is 17.4. The van der Waals surface area contributed by atoms with Crippen LogP contribution >= 0.6 is 0 Å². The maximum atomic E-state index is 5.63. The van der Waals surface area contributed by atoms with Gasteiger partial charge in [-0.15, -0.1) is 0 Å². The molecule has 0 fully saturated rings. The Balaban J connectivity index is 0.00000261. The summed E-state index contributed by atoms with van der Waals surface area (Å²) in [6.07, 6.45) is 2.35. The summed E-state index contributed by atoms with van der Waals surface area (Å²) in [5.41, 5.74) is 4.17. The number of rotatable bonds is 5. The van der Waals surface area contributed by atoms with Crippen molar-refractivity contribution in [2.75, 3.05) is 34.0 Å². The second-order valence-corrected chi connectivity index (χ2v) is 14.3. The fourth-order valence-corrected chi connectivity index (χ4v) is 7.19. The van der Waals surface area contributed by atoms with Crippen molar-refractivity contribution in [1.29, 1.82) is 0 Å². The first-order valence-electron chi connectivity index (χ1n) is 9.41. The molecule has 1 aliphatic rings. The van der Waals surface area contributed by atoms with Gasteiger partial charge in [0.15, 0.2) is 11.5 Å². The van der Waals surface area contributed by atoms with Crippen molar-refractivity contribution in [3.05, 3.63) is 59.2 Å². The highest BCUT2D eigenvalue weighted by Crippen LogP contribution is 2.44. The minimum absolute atomic E-state index is 0. The van der Waals surface area contributed by atoms with Crippen molar-refractivity contribution in [2.24, 2.45) is 0 Å². The molecule has 1 aliphatic heterocycles. The standard InChI is InChI=1S/C22H32NO2Si.HI/c1-23(16-26(4,5)6)13-12-18-14-20(24-2)21(25-3)15-19(18)22(23)17-10-8-7-9-11-17;/h7-11,14-15,22H,12-13,16H2,1-6H3;1H/q+1;/p-1/t22-,23+;/m0./s1. The van der Waals surface area contributed by atoms with Gasteiger partial charge in [0.1, 0.15) is 14.1 Å². The lowest BCUT2D eigenvalue weighted by Gasteiger charge is -2.48. The van der Waals surface area contributed by atoms with E-state index < -0.39 is 8.07 Å². The molecular formula is C22H32INO2Si. The lowest BCUT2D eigenvalue weighted by Crippen LogP contribution is -3.00. The maximum absolute atomic E-state index is 5.63. The SMILES string of the molecule is COc1cc2c(cc1OC)[C@H](c1ccccc1)[N@@+](C)(C[Si](C)(C)C)CC2.[I-]. The molecule has 0 amide bonds. The van der Waals surface area contributed by atoms with Gasteiger partial charge < -0.3 is 37.9 Å². The predicted octanol–water partition coefficient (Wildman–Crippen LogP) is 1.68. The van der Waals surface area contributed by atoms with Crippen molar-refractivity contribution in [3.63, 3.8) is 0 Å². The number of nitrogens with zero attached hydrogens (tertiary/aromatic N) is 1. The van der Waals surface area contributed by atoms with E-state index in [-0.39, 0.29) is 24.0 Å². The van der Waals surface area contributed by atoms with Crippen LogP contribution in [-0.4, -0.2) is 46.5 Å². The second-order valence-electron chi connectivity index (χ2n) is 8.89. The normalized spacial score (nSPS) is 21.8. The van der Waals surface area contributed by atoms with E-state index in [4.69, 9.17) is 9.47 Å². The van der Waals surface area contributed by atoms with Gasteiger partial charge in [-0.1, -0.05) is 50.0 Å². The first-order valence-corrected chi connectivity index (χ1v) is 13.1. The molecule has 0 spiro atoms. The summed E-state index contributed by atoms with van der Waals surface area (Å²) in [6, 6.07) is 15.7. The van der Waals surface area contributed by atoms with Crippen molar-refractivity contribution >= 4 is 8.07 Å². The summed E-state index contributed by atoms with van der Waals surface area (Å²) in [5.74, 6) is 1.66. The molecule has 2 aromatic rings. The zero-order chi connectivity index (χ0) is 18.9. The van der Waals surface area contributed by atoms with Crippen molar-refractivity contribution in [1.82, 2.24) is 0 Å². The molecule has 0 aliphatic carbocycles. The van der Waals surface area contributed by atoms with E-state index in [2.05, 4.69) is 69.2 Å². The minimum Gasteiger partial charge on any atom is -1.00 e. The smallest absolute Gasteiger partial charge is 0.161 e. The molecule has 3 rings (SSSR count). The van der Waals surface area contributed by atoms with Gasteiger partial charge in [0, 0.05) is 17.5 Å². The summed E-state index contributed by atoms with van der Waals surface area (Å²) in [4.78, 5) is 0. The van der Waals surface area contributed by atoms with Crippen LogP contribution in [0.5, 0.6) is 11.5 Å². The van der Waals surface area contributed by atoms with Gasteiger partial charge >= 0.3 is 0 Å². The van der Waals surface area contributed by atoms with E-state index in [1.54, 1.807) is 14.2 Å². The molecule has 0 saturated heterocycles. The summed E-state index contributed by atoms with van der Waals surface area (Å²) < 4.78 is 12.3. The van der Waals surface area contributed by atoms with Gasteiger partial charge in [-0.3, -0.25) is 0 Å². The molecule has 3 nitrogen and oxygen atoms in total. The molecule has 2 aromatic carbocycles. The molecule has 0 aromatic heterocycles. The summed E-state index contributed by atoms with van der Waals surface area (Å²) in [6.45, 7) is 8.58. The second kappa shape index (κ2) is 8.53. The molecule has 2 atom stereocenters. The largest absolute Gasteiger partial charge is 1.00 e. The Morgan fingerprint density at radius 2 is 1.59 bits per heavy atom. The molecule has 0 radical (unpaired) electrons. The molecule has 5 heteroatoms. The van der Waals surface area contributed by atoms with E-state index in [1.165, 1.54) is 22.9 Å². The third-order valence-corrected chi connectivity index (χ3v) is 7.08. The van der Waals surface area contributed by atoms with Gasteiger partial charge in [-0.2, -0.15) is 0 Å². The van der Waals surface area contributed by atoms with Crippen molar-refractivity contribution < 1.29 is 37.9 Å². The maximum Gasteiger partial charge on any atom is 0.161 e. The van der Waals surface area contributed by atoms with Crippen LogP contribution in [0, 0.1) is 0 Å². The van der Waals surface area contributed by atoms with E-state index in [1.807, 2.05) is 0 Å². The van der Waals surface area contributed by atoms with Crippen LogP contribution in [0.25, 0.3) is 0 Å². The van der Waals surface area contributed by atoms with Gasteiger partial charge in [0.25, 0.3) is 0 Å². The predicted molar refractivity (Wildman–Crippen MR) is 111 cm³/mol. The number of methoxy groups -OCH3 is 2. The molecule has 0 unspecified atom stereocenters.